The summed E-state index contributed by atoms with van der Waals surface area (Å²) >= 11 is 5.94. The maximum atomic E-state index is 12.8. The molecule has 1 atom stereocenters. The first kappa shape index (κ1) is 20.8. The number of hydrogen-bond acceptors (Lipinski definition) is 5. The van der Waals surface area contributed by atoms with Crippen molar-refractivity contribution in [3.63, 3.8) is 0 Å². The molecule has 29 heavy (non-hydrogen) atoms. The van der Waals surface area contributed by atoms with Crippen LogP contribution in [0.2, 0.25) is 5.02 Å². The number of hydrogen-bond donors (Lipinski definition) is 3. The summed E-state index contributed by atoms with van der Waals surface area (Å²) in [5.41, 5.74) is 1.52. The van der Waals surface area contributed by atoms with Crippen LogP contribution < -0.4 is 15.8 Å². The molecule has 1 aliphatic rings. The van der Waals surface area contributed by atoms with Crippen molar-refractivity contribution in [2.45, 2.75) is 17.9 Å². The summed E-state index contributed by atoms with van der Waals surface area (Å²) in [6.45, 7) is 1.81. The summed E-state index contributed by atoms with van der Waals surface area (Å²) in [6.07, 6.45) is 0. The van der Waals surface area contributed by atoms with Crippen LogP contribution in [0.5, 0.6) is 0 Å². The molecule has 1 aliphatic heterocycles. The van der Waals surface area contributed by atoms with Crippen LogP contribution in [0.3, 0.4) is 0 Å². The van der Waals surface area contributed by atoms with Crippen molar-refractivity contribution in [2.24, 2.45) is 5.14 Å². The number of primary sulfonamides is 1. The van der Waals surface area contributed by atoms with Crippen LogP contribution in [-0.2, 0) is 19.6 Å². The Labute approximate surface area is 172 Å². The number of benzene rings is 2. The van der Waals surface area contributed by atoms with Crippen molar-refractivity contribution < 1.29 is 22.7 Å². The third-order valence-corrected chi connectivity index (χ3v) is 5.42. The quantitative estimate of drug-likeness (QED) is 0.621. The lowest BCUT2D eigenvalue weighted by atomic mass is 9.93. The molecule has 3 rings (SSSR count). The van der Waals surface area contributed by atoms with Gasteiger partial charge >= 0.3 is 12.0 Å². The van der Waals surface area contributed by atoms with E-state index in [-0.39, 0.29) is 22.8 Å². The first-order valence-electron chi connectivity index (χ1n) is 8.58. The number of amides is 2. The van der Waals surface area contributed by atoms with Crippen molar-refractivity contribution in [3.8, 4) is 0 Å². The van der Waals surface area contributed by atoms with Gasteiger partial charge in [-0.1, -0.05) is 35.9 Å². The van der Waals surface area contributed by atoms with Gasteiger partial charge < -0.3 is 15.4 Å². The zero-order valence-corrected chi connectivity index (χ0v) is 16.9. The third kappa shape index (κ3) is 4.58. The lowest BCUT2D eigenvalue weighted by molar-refractivity contribution is -0.138. The monoisotopic (exact) mass is 435 g/mol. The van der Waals surface area contributed by atoms with Crippen LogP contribution in [0, 0.1) is 0 Å². The molecule has 4 N–H and O–H groups in total. The molecule has 0 saturated carbocycles. The van der Waals surface area contributed by atoms with Gasteiger partial charge in [-0.3, -0.25) is 0 Å². The van der Waals surface area contributed by atoms with Crippen molar-refractivity contribution in [2.75, 3.05) is 6.61 Å². The maximum absolute atomic E-state index is 12.8. The van der Waals surface area contributed by atoms with E-state index in [0.717, 1.165) is 0 Å². The number of ether oxygens (including phenoxy) is 1. The summed E-state index contributed by atoms with van der Waals surface area (Å²) in [5.74, 6) is -0.620. The topological polar surface area (TPSA) is 128 Å². The minimum Gasteiger partial charge on any atom is -0.463 e. The Morgan fingerprint density at radius 1 is 1.14 bits per heavy atom. The summed E-state index contributed by atoms with van der Waals surface area (Å²) < 4.78 is 28.2. The molecule has 0 aromatic heterocycles. The minimum absolute atomic E-state index is 0.0823. The zero-order valence-electron chi connectivity index (χ0n) is 15.3. The van der Waals surface area contributed by atoms with E-state index in [1.807, 2.05) is 0 Å². The first-order valence-corrected chi connectivity index (χ1v) is 10.5. The fourth-order valence-corrected chi connectivity index (χ4v) is 3.58. The zero-order chi connectivity index (χ0) is 21.2. The second kappa shape index (κ2) is 8.24. The maximum Gasteiger partial charge on any atom is 0.338 e. The van der Waals surface area contributed by atoms with E-state index in [1.165, 1.54) is 24.3 Å². The number of carbonyl (C=O) groups is 2. The predicted octanol–water partition coefficient (Wildman–Crippen LogP) is 2.32. The van der Waals surface area contributed by atoms with Gasteiger partial charge in [0.15, 0.2) is 0 Å². The van der Waals surface area contributed by atoms with Gasteiger partial charge in [0.25, 0.3) is 0 Å². The highest BCUT2D eigenvalue weighted by molar-refractivity contribution is 7.89. The van der Waals surface area contributed by atoms with Crippen LogP contribution >= 0.6 is 11.6 Å². The Bertz CT molecular complexity index is 1080. The SMILES string of the molecule is CCOC(=O)C1=C(c2ccc(Cl)cc2)NC(=O)NC1c1ccc(S(N)(=O)=O)cc1. The standard InChI is InChI=1S/C19H18ClN3O5S/c1-2-28-18(24)15-16(11-3-7-13(20)8-4-11)22-19(25)23-17(15)12-5-9-14(10-6-12)29(21,26)27/h3-10,17H,2H2,1H3,(H2,21,26,27)(H2,22,23,25). The number of esters is 1. The number of urea groups is 1. The second-order valence-corrected chi connectivity index (χ2v) is 8.16. The van der Waals surface area contributed by atoms with Gasteiger partial charge in [0, 0.05) is 5.02 Å². The molecule has 0 fully saturated rings. The molecule has 0 spiro atoms. The highest BCUT2D eigenvalue weighted by Crippen LogP contribution is 2.32. The number of rotatable bonds is 5. The molecule has 2 aromatic carbocycles. The normalized spacial score (nSPS) is 16.8. The van der Waals surface area contributed by atoms with Gasteiger partial charge in [-0.2, -0.15) is 0 Å². The Kier molecular flexibility index (Phi) is 5.92. The van der Waals surface area contributed by atoms with Crippen LogP contribution in [0.1, 0.15) is 24.1 Å². The van der Waals surface area contributed by atoms with Gasteiger partial charge in [-0.05, 0) is 42.3 Å². The molecule has 8 nitrogen and oxygen atoms in total. The largest absolute Gasteiger partial charge is 0.463 e. The molecule has 2 amide bonds. The molecule has 1 heterocycles. The Hall–Kier alpha value is -2.88. The molecule has 152 valence electrons. The molecule has 10 heteroatoms. The molecule has 2 aromatic rings. The van der Waals surface area contributed by atoms with E-state index < -0.39 is 28.1 Å². The second-order valence-electron chi connectivity index (χ2n) is 6.16. The predicted molar refractivity (Wildman–Crippen MR) is 107 cm³/mol. The molecular weight excluding hydrogens is 418 g/mol. The van der Waals surface area contributed by atoms with E-state index >= 15 is 0 Å². The third-order valence-electron chi connectivity index (χ3n) is 4.24. The van der Waals surface area contributed by atoms with Crippen LogP contribution in [-0.4, -0.2) is 27.0 Å². The number of nitrogens with one attached hydrogen (secondary N) is 2. The van der Waals surface area contributed by atoms with E-state index in [4.69, 9.17) is 21.5 Å². The molecule has 0 saturated heterocycles. The molecule has 0 aliphatic carbocycles. The number of sulfonamides is 1. The summed E-state index contributed by atoms with van der Waals surface area (Å²) in [7, 11) is -3.87. The Morgan fingerprint density at radius 2 is 1.76 bits per heavy atom. The van der Waals surface area contributed by atoms with Crippen LogP contribution in [0.25, 0.3) is 5.70 Å². The van der Waals surface area contributed by atoms with Crippen molar-refractivity contribution in [3.05, 3.63) is 70.3 Å². The van der Waals surface area contributed by atoms with E-state index in [2.05, 4.69) is 10.6 Å². The minimum atomic E-state index is -3.87. The molecule has 0 radical (unpaired) electrons. The van der Waals surface area contributed by atoms with E-state index in [1.54, 1.807) is 31.2 Å². The number of nitrogens with two attached hydrogens (primary N) is 1. The summed E-state index contributed by atoms with van der Waals surface area (Å²) in [6, 6.07) is 10.8. The Balaban J connectivity index is 2.15. The highest BCUT2D eigenvalue weighted by Gasteiger charge is 2.34. The van der Waals surface area contributed by atoms with Crippen molar-refractivity contribution >= 4 is 39.3 Å². The molecule has 0 bridgehead atoms. The number of halogens is 1. The summed E-state index contributed by atoms with van der Waals surface area (Å²) in [4.78, 5) is 25.0. The summed E-state index contributed by atoms with van der Waals surface area (Å²) in [5, 5.41) is 11.0. The van der Waals surface area contributed by atoms with Crippen molar-refractivity contribution in [1.29, 1.82) is 0 Å². The van der Waals surface area contributed by atoms with Gasteiger partial charge in [-0.15, -0.1) is 0 Å². The Morgan fingerprint density at radius 3 is 2.31 bits per heavy atom. The number of carbonyl (C=O) groups excluding carboxylic acids is 2. The molecule has 1 unspecified atom stereocenters. The van der Waals surface area contributed by atoms with Gasteiger partial charge in [0.05, 0.1) is 28.8 Å². The van der Waals surface area contributed by atoms with Crippen molar-refractivity contribution in [1.82, 2.24) is 10.6 Å². The molecular formula is C19H18ClN3O5S. The van der Waals surface area contributed by atoms with E-state index in [0.29, 0.717) is 16.1 Å². The lowest BCUT2D eigenvalue weighted by Gasteiger charge is -2.29. The average Bonchev–Trinajstić information content (AvgIpc) is 2.67. The average molecular weight is 436 g/mol. The lowest BCUT2D eigenvalue weighted by Crippen LogP contribution is -2.45. The first-order chi connectivity index (χ1) is 13.7. The smallest absolute Gasteiger partial charge is 0.338 e. The fourth-order valence-electron chi connectivity index (χ4n) is 2.94. The van der Waals surface area contributed by atoms with Crippen LogP contribution in [0.15, 0.2) is 59.0 Å². The fraction of sp³-hybridized carbons (Fsp3) is 0.158. The van der Waals surface area contributed by atoms with Gasteiger partial charge in [-0.25, -0.2) is 23.1 Å². The van der Waals surface area contributed by atoms with Gasteiger partial charge in [0.2, 0.25) is 10.0 Å². The van der Waals surface area contributed by atoms with Crippen LogP contribution in [0.4, 0.5) is 4.79 Å². The van der Waals surface area contributed by atoms with Gasteiger partial charge in [0.1, 0.15) is 0 Å². The highest BCUT2D eigenvalue weighted by atomic mass is 35.5. The van der Waals surface area contributed by atoms with E-state index in [9.17, 15) is 18.0 Å².